The molecule has 0 spiro atoms. The molecule has 2 rings (SSSR count). The Morgan fingerprint density at radius 3 is 2.80 bits per heavy atom. The Labute approximate surface area is 124 Å². The van der Waals surface area contributed by atoms with Crippen molar-refractivity contribution in [1.82, 2.24) is 9.88 Å². The van der Waals surface area contributed by atoms with Crippen LogP contribution in [0.2, 0.25) is 0 Å². The lowest BCUT2D eigenvalue weighted by atomic mass is 10.0. The monoisotopic (exact) mass is 275 g/mol. The Morgan fingerprint density at radius 2 is 2.10 bits per heavy atom. The predicted molar refractivity (Wildman–Crippen MR) is 86.3 cm³/mol. The van der Waals surface area contributed by atoms with E-state index in [1.165, 1.54) is 50.2 Å². The van der Waals surface area contributed by atoms with Gasteiger partial charge in [-0.1, -0.05) is 19.4 Å². The van der Waals surface area contributed by atoms with Crippen LogP contribution in [0, 0.1) is 0 Å². The van der Waals surface area contributed by atoms with Gasteiger partial charge < -0.3 is 4.90 Å². The second-order valence-electron chi connectivity index (χ2n) is 5.64. The number of anilines is 1. The van der Waals surface area contributed by atoms with Crippen molar-refractivity contribution < 1.29 is 0 Å². The third-order valence-electron chi connectivity index (χ3n) is 4.40. The maximum Gasteiger partial charge on any atom is 0.133 e. The molecule has 0 saturated carbocycles. The highest BCUT2D eigenvalue weighted by Gasteiger charge is 2.28. The molecule has 0 aliphatic carbocycles. The van der Waals surface area contributed by atoms with Gasteiger partial charge in [0.25, 0.3) is 0 Å². The van der Waals surface area contributed by atoms with Crippen LogP contribution in [0.1, 0.15) is 58.1 Å². The largest absolute Gasteiger partial charge is 0.357 e. The van der Waals surface area contributed by atoms with Crippen LogP contribution in [-0.4, -0.2) is 36.1 Å². The molecule has 1 aliphatic heterocycles. The molecule has 0 amide bonds. The highest BCUT2D eigenvalue weighted by molar-refractivity contribution is 5.48. The van der Waals surface area contributed by atoms with E-state index in [0.717, 1.165) is 13.1 Å². The van der Waals surface area contributed by atoms with E-state index in [9.17, 15) is 0 Å². The zero-order valence-corrected chi connectivity index (χ0v) is 13.3. The molecular formula is C17H29N3. The number of hydrogen-bond donors (Lipinski definition) is 0. The van der Waals surface area contributed by atoms with Gasteiger partial charge in [0, 0.05) is 30.9 Å². The van der Waals surface area contributed by atoms with Crippen molar-refractivity contribution in [3.05, 3.63) is 23.9 Å². The van der Waals surface area contributed by atoms with Gasteiger partial charge in [-0.3, -0.25) is 4.90 Å². The molecule has 112 valence electrons. The summed E-state index contributed by atoms with van der Waals surface area (Å²) in [5, 5.41) is 0. The van der Waals surface area contributed by atoms with Gasteiger partial charge >= 0.3 is 0 Å². The van der Waals surface area contributed by atoms with Crippen LogP contribution in [0.5, 0.6) is 0 Å². The molecule has 1 aromatic rings. The lowest BCUT2D eigenvalue weighted by Gasteiger charge is -2.29. The molecule has 0 unspecified atom stereocenters. The number of nitrogens with zero attached hydrogens (tertiary/aromatic N) is 3. The van der Waals surface area contributed by atoms with Crippen molar-refractivity contribution in [3.63, 3.8) is 0 Å². The van der Waals surface area contributed by atoms with E-state index in [-0.39, 0.29) is 0 Å². The van der Waals surface area contributed by atoms with E-state index in [2.05, 4.69) is 47.7 Å². The summed E-state index contributed by atoms with van der Waals surface area (Å²) in [6, 6.07) is 4.96. The summed E-state index contributed by atoms with van der Waals surface area (Å²) in [4.78, 5) is 9.72. The first-order valence-electron chi connectivity index (χ1n) is 8.25. The van der Waals surface area contributed by atoms with Crippen LogP contribution in [-0.2, 0) is 0 Å². The average molecular weight is 275 g/mol. The zero-order chi connectivity index (χ0) is 14.4. The quantitative estimate of drug-likeness (QED) is 0.753. The van der Waals surface area contributed by atoms with E-state index < -0.39 is 0 Å². The molecule has 1 fully saturated rings. The third-order valence-corrected chi connectivity index (χ3v) is 4.40. The SMILES string of the molecule is CCCCN1CCC[C@H]1c1cccnc1N(CC)CC. The molecule has 1 atom stereocenters. The fraction of sp³-hybridized carbons (Fsp3) is 0.706. The molecule has 1 saturated heterocycles. The number of pyridine rings is 1. The summed E-state index contributed by atoms with van der Waals surface area (Å²) in [5.41, 5.74) is 1.44. The van der Waals surface area contributed by atoms with Crippen molar-refractivity contribution in [1.29, 1.82) is 0 Å². The number of hydrogen-bond acceptors (Lipinski definition) is 3. The minimum absolute atomic E-state index is 0.575. The molecule has 3 nitrogen and oxygen atoms in total. The van der Waals surface area contributed by atoms with Crippen molar-refractivity contribution in [2.24, 2.45) is 0 Å². The molecule has 0 bridgehead atoms. The smallest absolute Gasteiger partial charge is 0.133 e. The Balaban J connectivity index is 2.22. The minimum Gasteiger partial charge on any atom is -0.357 e. The molecule has 20 heavy (non-hydrogen) atoms. The topological polar surface area (TPSA) is 19.4 Å². The van der Waals surface area contributed by atoms with Crippen LogP contribution in [0.3, 0.4) is 0 Å². The summed E-state index contributed by atoms with van der Waals surface area (Å²) in [5.74, 6) is 1.20. The minimum atomic E-state index is 0.575. The summed E-state index contributed by atoms with van der Waals surface area (Å²) in [6.45, 7) is 11.2. The molecule has 0 N–H and O–H groups in total. The number of aromatic nitrogens is 1. The van der Waals surface area contributed by atoms with Gasteiger partial charge in [0.1, 0.15) is 5.82 Å². The summed E-state index contributed by atoms with van der Waals surface area (Å²) < 4.78 is 0. The summed E-state index contributed by atoms with van der Waals surface area (Å²) in [7, 11) is 0. The molecule has 1 aromatic heterocycles. The summed E-state index contributed by atoms with van der Waals surface area (Å²) in [6.07, 6.45) is 7.11. The van der Waals surface area contributed by atoms with Crippen LogP contribution < -0.4 is 4.90 Å². The lowest BCUT2D eigenvalue weighted by Crippen LogP contribution is -2.29. The maximum atomic E-state index is 4.68. The number of unbranched alkanes of at least 4 members (excludes halogenated alkanes) is 1. The first kappa shape index (κ1) is 15.3. The Kier molecular flexibility index (Phi) is 5.84. The van der Waals surface area contributed by atoms with Gasteiger partial charge in [-0.25, -0.2) is 4.98 Å². The normalized spacial score (nSPS) is 19.4. The fourth-order valence-corrected chi connectivity index (χ4v) is 3.26. The zero-order valence-electron chi connectivity index (χ0n) is 13.3. The van der Waals surface area contributed by atoms with Crippen molar-refractivity contribution >= 4 is 5.82 Å². The Morgan fingerprint density at radius 1 is 1.30 bits per heavy atom. The molecule has 0 aromatic carbocycles. The van der Waals surface area contributed by atoms with E-state index >= 15 is 0 Å². The molecule has 3 heteroatoms. The fourth-order valence-electron chi connectivity index (χ4n) is 3.26. The lowest BCUT2D eigenvalue weighted by molar-refractivity contribution is 0.253. The van der Waals surface area contributed by atoms with E-state index in [4.69, 9.17) is 0 Å². The van der Waals surface area contributed by atoms with Gasteiger partial charge in [0.15, 0.2) is 0 Å². The molecule has 1 aliphatic rings. The van der Waals surface area contributed by atoms with E-state index in [1.54, 1.807) is 0 Å². The Hall–Kier alpha value is -1.09. The highest BCUT2D eigenvalue weighted by atomic mass is 15.2. The first-order chi connectivity index (χ1) is 9.81. The van der Waals surface area contributed by atoms with Crippen molar-refractivity contribution in [2.75, 3.05) is 31.1 Å². The molecule has 0 radical (unpaired) electrons. The predicted octanol–water partition coefficient (Wildman–Crippen LogP) is 3.86. The third kappa shape index (κ3) is 3.32. The van der Waals surface area contributed by atoms with Crippen LogP contribution in [0.25, 0.3) is 0 Å². The van der Waals surface area contributed by atoms with E-state index in [1.807, 2.05) is 6.20 Å². The number of rotatable bonds is 7. The highest BCUT2D eigenvalue weighted by Crippen LogP contribution is 2.36. The van der Waals surface area contributed by atoms with Crippen molar-refractivity contribution in [2.45, 2.75) is 52.5 Å². The van der Waals surface area contributed by atoms with Gasteiger partial charge in [-0.15, -0.1) is 0 Å². The first-order valence-corrected chi connectivity index (χ1v) is 8.25. The van der Waals surface area contributed by atoms with E-state index in [0.29, 0.717) is 6.04 Å². The second-order valence-corrected chi connectivity index (χ2v) is 5.64. The summed E-state index contributed by atoms with van der Waals surface area (Å²) >= 11 is 0. The van der Waals surface area contributed by atoms with Crippen molar-refractivity contribution in [3.8, 4) is 0 Å². The van der Waals surface area contributed by atoms with Gasteiger partial charge in [-0.2, -0.15) is 0 Å². The standard InChI is InChI=1S/C17H29N3/c1-4-7-13-20-14-9-11-16(20)15-10-8-12-18-17(15)19(5-2)6-3/h8,10,12,16H,4-7,9,11,13-14H2,1-3H3/t16-/m0/s1. The van der Waals surface area contributed by atoms with Gasteiger partial charge in [-0.05, 0) is 52.3 Å². The second kappa shape index (κ2) is 7.63. The molecular weight excluding hydrogens is 246 g/mol. The average Bonchev–Trinajstić information content (AvgIpc) is 2.95. The van der Waals surface area contributed by atoms with Gasteiger partial charge in [0.2, 0.25) is 0 Å². The Bertz CT molecular complexity index is 401. The number of likely N-dealkylation sites (tertiary alicyclic amines) is 1. The van der Waals surface area contributed by atoms with Gasteiger partial charge in [0.05, 0.1) is 0 Å². The van der Waals surface area contributed by atoms with Crippen LogP contribution in [0.15, 0.2) is 18.3 Å². The van der Waals surface area contributed by atoms with Crippen LogP contribution in [0.4, 0.5) is 5.82 Å². The molecule has 2 heterocycles. The van der Waals surface area contributed by atoms with Crippen LogP contribution >= 0.6 is 0 Å². The maximum absolute atomic E-state index is 4.68.